The molecule has 0 saturated heterocycles. The van der Waals surface area contributed by atoms with E-state index in [0.717, 1.165) is 5.76 Å². The van der Waals surface area contributed by atoms with Gasteiger partial charge in [-0.15, -0.1) is 0 Å². The van der Waals surface area contributed by atoms with Crippen molar-refractivity contribution in [2.24, 2.45) is 0 Å². The quantitative estimate of drug-likeness (QED) is 0.646. The van der Waals surface area contributed by atoms with Crippen molar-refractivity contribution in [1.82, 2.24) is 4.90 Å². The van der Waals surface area contributed by atoms with Gasteiger partial charge in [0.1, 0.15) is 11.5 Å². The van der Waals surface area contributed by atoms with Crippen molar-refractivity contribution in [2.45, 2.75) is 18.4 Å². The summed E-state index contributed by atoms with van der Waals surface area (Å²) in [4.78, 5) is 14.4. The van der Waals surface area contributed by atoms with Crippen LogP contribution in [-0.4, -0.2) is 26.3 Å². The Bertz CT molecular complexity index is 1090. The number of halogens is 1. The zero-order valence-corrected chi connectivity index (χ0v) is 16.9. The van der Waals surface area contributed by atoms with Crippen LogP contribution < -0.4 is 4.72 Å². The maximum atomic E-state index is 12.9. The second-order valence-corrected chi connectivity index (χ2v) is 8.40. The Morgan fingerprint density at radius 1 is 1.07 bits per heavy atom. The molecule has 0 bridgehead atoms. The minimum Gasteiger partial charge on any atom is -0.464 e. The third-order valence-electron chi connectivity index (χ3n) is 4.06. The van der Waals surface area contributed by atoms with Crippen molar-refractivity contribution in [3.05, 3.63) is 82.8 Å². The van der Waals surface area contributed by atoms with Crippen LogP contribution in [0.25, 0.3) is 0 Å². The standard InChI is InChI=1S/C20H19ClN2O4S/c1-14-7-10-16(27-14)13-23(2)20(24)18-5-3-4-6-19(18)22-28(25,26)17-11-8-15(21)9-12-17/h3-12,22H,13H2,1-2H3. The highest BCUT2D eigenvalue weighted by Gasteiger charge is 2.21. The molecule has 3 aromatic rings. The maximum absolute atomic E-state index is 12.9. The molecule has 0 fully saturated rings. The summed E-state index contributed by atoms with van der Waals surface area (Å²) in [6, 6.07) is 15.9. The smallest absolute Gasteiger partial charge is 0.261 e. The normalized spacial score (nSPS) is 11.2. The van der Waals surface area contributed by atoms with E-state index in [2.05, 4.69) is 4.72 Å². The largest absolute Gasteiger partial charge is 0.464 e. The summed E-state index contributed by atoms with van der Waals surface area (Å²) in [7, 11) is -2.24. The number of nitrogens with one attached hydrogen (secondary N) is 1. The average molecular weight is 419 g/mol. The van der Waals surface area contributed by atoms with Gasteiger partial charge in [0.2, 0.25) is 0 Å². The first-order valence-electron chi connectivity index (χ1n) is 8.44. The molecule has 146 valence electrons. The summed E-state index contributed by atoms with van der Waals surface area (Å²) in [6.07, 6.45) is 0. The highest BCUT2D eigenvalue weighted by Crippen LogP contribution is 2.23. The number of para-hydroxylation sites is 1. The van der Waals surface area contributed by atoms with Crippen LogP contribution in [0, 0.1) is 6.92 Å². The Labute approximate surface area is 168 Å². The lowest BCUT2D eigenvalue weighted by molar-refractivity contribution is 0.0776. The fourth-order valence-electron chi connectivity index (χ4n) is 2.66. The molecule has 1 aromatic heterocycles. The summed E-state index contributed by atoms with van der Waals surface area (Å²) < 4.78 is 33.3. The van der Waals surface area contributed by atoms with Gasteiger partial charge >= 0.3 is 0 Å². The molecule has 28 heavy (non-hydrogen) atoms. The van der Waals surface area contributed by atoms with Gasteiger partial charge in [0, 0.05) is 12.1 Å². The molecule has 0 saturated carbocycles. The second kappa shape index (κ2) is 8.08. The predicted molar refractivity (Wildman–Crippen MR) is 108 cm³/mol. The first kappa shape index (κ1) is 20.0. The third-order valence-corrected chi connectivity index (χ3v) is 5.69. The lowest BCUT2D eigenvalue weighted by Gasteiger charge is -2.18. The zero-order chi connectivity index (χ0) is 20.3. The minimum absolute atomic E-state index is 0.0542. The SMILES string of the molecule is Cc1ccc(CN(C)C(=O)c2ccccc2NS(=O)(=O)c2ccc(Cl)cc2)o1. The van der Waals surface area contributed by atoms with E-state index in [0.29, 0.717) is 10.8 Å². The van der Waals surface area contributed by atoms with E-state index in [1.54, 1.807) is 37.4 Å². The third kappa shape index (κ3) is 4.55. The molecule has 1 N–H and O–H groups in total. The van der Waals surface area contributed by atoms with Gasteiger partial charge in [-0.05, 0) is 55.5 Å². The predicted octanol–water partition coefficient (Wildman–Crippen LogP) is 4.31. The average Bonchev–Trinajstić information content (AvgIpc) is 3.06. The zero-order valence-electron chi connectivity index (χ0n) is 15.3. The molecule has 0 aliphatic heterocycles. The van der Waals surface area contributed by atoms with Crippen molar-refractivity contribution < 1.29 is 17.6 Å². The monoisotopic (exact) mass is 418 g/mol. The molecular formula is C20H19ClN2O4S. The number of hydrogen-bond donors (Lipinski definition) is 1. The van der Waals surface area contributed by atoms with Crippen LogP contribution in [0.3, 0.4) is 0 Å². The van der Waals surface area contributed by atoms with Crippen LogP contribution in [0.1, 0.15) is 21.9 Å². The number of carbonyl (C=O) groups excluding carboxylic acids is 1. The molecule has 0 aliphatic rings. The summed E-state index contributed by atoms with van der Waals surface area (Å²) in [5, 5.41) is 0.435. The number of furan rings is 1. The Hall–Kier alpha value is -2.77. The molecule has 1 heterocycles. The van der Waals surface area contributed by atoms with Crippen molar-refractivity contribution >= 4 is 33.2 Å². The van der Waals surface area contributed by atoms with Gasteiger partial charge in [-0.1, -0.05) is 23.7 Å². The van der Waals surface area contributed by atoms with Crippen molar-refractivity contribution in [3.63, 3.8) is 0 Å². The summed E-state index contributed by atoms with van der Waals surface area (Å²) >= 11 is 5.82. The van der Waals surface area contributed by atoms with E-state index in [9.17, 15) is 13.2 Å². The molecule has 8 heteroatoms. The maximum Gasteiger partial charge on any atom is 0.261 e. The molecule has 0 spiro atoms. The van der Waals surface area contributed by atoms with Crippen LogP contribution in [0.5, 0.6) is 0 Å². The fraction of sp³-hybridized carbons (Fsp3) is 0.150. The van der Waals surface area contributed by atoms with Gasteiger partial charge in [0.25, 0.3) is 15.9 Å². The van der Waals surface area contributed by atoms with Gasteiger partial charge in [-0.2, -0.15) is 0 Å². The number of hydrogen-bond acceptors (Lipinski definition) is 4. The van der Waals surface area contributed by atoms with Gasteiger partial charge in [0.05, 0.1) is 22.7 Å². The number of sulfonamides is 1. The molecule has 1 amide bonds. The topological polar surface area (TPSA) is 79.6 Å². The number of benzene rings is 2. The number of amides is 1. The second-order valence-electron chi connectivity index (χ2n) is 6.28. The van der Waals surface area contributed by atoms with Crippen LogP contribution >= 0.6 is 11.6 Å². The van der Waals surface area contributed by atoms with Gasteiger partial charge in [-0.3, -0.25) is 9.52 Å². The Balaban J connectivity index is 1.84. The van der Waals surface area contributed by atoms with Gasteiger partial charge in [0.15, 0.2) is 0 Å². The molecule has 3 rings (SSSR count). The fourth-order valence-corrected chi connectivity index (χ4v) is 3.86. The molecule has 2 aromatic carbocycles. The van der Waals surface area contributed by atoms with Crippen LogP contribution in [0.2, 0.25) is 5.02 Å². The molecule has 0 radical (unpaired) electrons. The summed E-state index contributed by atoms with van der Waals surface area (Å²) in [5.41, 5.74) is 0.441. The molecule has 0 unspecified atom stereocenters. The Morgan fingerprint density at radius 2 is 1.75 bits per heavy atom. The molecular weight excluding hydrogens is 400 g/mol. The highest BCUT2D eigenvalue weighted by molar-refractivity contribution is 7.92. The number of carbonyl (C=O) groups is 1. The van der Waals surface area contributed by atoms with Crippen LogP contribution in [-0.2, 0) is 16.6 Å². The Kier molecular flexibility index (Phi) is 5.76. The Morgan fingerprint density at radius 3 is 2.39 bits per heavy atom. The number of aryl methyl sites for hydroxylation is 1. The van der Waals surface area contributed by atoms with Crippen LogP contribution in [0.4, 0.5) is 5.69 Å². The highest BCUT2D eigenvalue weighted by atomic mass is 35.5. The number of anilines is 1. The van der Waals surface area contributed by atoms with E-state index < -0.39 is 10.0 Å². The molecule has 0 atom stereocenters. The number of nitrogens with zero attached hydrogens (tertiary/aromatic N) is 1. The first-order chi connectivity index (χ1) is 13.3. The number of rotatable bonds is 6. The van der Waals surface area contributed by atoms with E-state index in [1.165, 1.54) is 29.2 Å². The van der Waals surface area contributed by atoms with Gasteiger partial charge < -0.3 is 9.32 Å². The van der Waals surface area contributed by atoms with E-state index >= 15 is 0 Å². The van der Waals surface area contributed by atoms with Crippen molar-refractivity contribution in [2.75, 3.05) is 11.8 Å². The minimum atomic E-state index is -3.87. The summed E-state index contributed by atoms with van der Waals surface area (Å²) in [5.74, 6) is 1.07. The van der Waals surface area contributed by atoms with E-state index in [-0.39, 0.29) is 28.6 Å². The van der Waals surface area contributed by atoms with Crippen molar-refractivity contribution in [3.8, 4) is 0 Å². The van der Waals surface area contributed by atoms with Crippen LogP contribution in [0.15, 0.2) is 70.0 Å². The van der Waals surface area contributed by atoms with Gasteiger partial charge in [-0.25, -0.2) is 8.42 Å². The molecule has 6 nitrogen and oxygen atoms in total. The van der Waals surface area contributed by atoms with E-state index in [1.807, 2.05) is 13.0 Å². The lowest BCUT2D eigenvalue weighted by Crippen LogP contribution is -2.27. The summed E-state index contributed by atoms with van der Waals surface area (Å²) in [6.45, 7) is 2.09. The molecule has 0 aliphatic carbocycles. The lowest BCUT2D eigenvalue weighted by atomic mass is 10.1. The van der Waals surface area contributed by atoms with E-state index in [4.69, 9.17) is 16.0 Å². The van der Waals surface area contributed by atoms with Crippen molar-refractivity contribution in [1.29, 1.82) is 0 Å². The first-order valence-corrected chi connectivity index (χ1v) is 10.3.